The highest BCUT2D eigenvalue weighted by Crippen LogP contribution is 2.27. The molecule has 0 amide bonds. The fourth-order valence-corrected chi connectivity index (χ4v) is 0.854. The van der Waals surface area contributed by atoms with Crippen molar-refractivity contribution in [3.8, 4) is 6.07 Å². The molecule has 62 valence electrons. The molecule has 0 spiro atoms. The number of hydrogen-bond donors (Lipinski definition) is 0. The molecule has 12 heavy (non-hydrogen) atoms. The molecular weight excluding hydrogens is 209 g/mol. The van der Waals surface area contributed by atoms with Gasteiger partial charge in [0.2, 0.25) is 5.95 Å². The summed E-state index contributed by atoms with van der Waals surface area (Å²) in [6, 6.07) is 1.33. The molecule has 0 N–H and O–H groups in total. The highest BCUT2D eigenvalue weighted by Gasteiger charge is 2.16. The normalized spacial score (nSPS) is 9.58. The Bertz CT molecular complexity index is 373. The number of aromatic nitrogens is 1. The molecule has 0 aliphatic rings. The minimum Gasteiger partial charge on any atom is -0.204 e. The van der Waals surface area contributed by atoms with Gasteiger partial charge in [0.15, 0.2) is 11.5 Å². The fourth-order valence-electron chi connectivity index (χ4n) is 0.561. The van der Waals surface area contributed by atoms with Crippen molar-refractivity contribution in [1.82, 2.24) is 4.98 Å². The van der Waals surface area contributed by atoms with E-state index < -0.39 is 27.5 Å². The van der Waals surface area contributed by atoms with Crippen molar-refractivity contribution in [3.63, 3.8) is 0 Å². The Balaban J connectivity index is 3.52. The lowest BCUT2D eigenvalue weighted by Crippen LogP contribution is -1.95. The Morgan fingerprint density at radius 1 is 1.25 bits per heavy atom. The minimum atomic E-state index is -1.15. The number of hydrogen-bond acceptors (Lipinski definition) is 2. The summed E-state index contributed by atoms with van der Waals surface area (Å²) in [5.74, 6) is -2.26. The average molecular weight is 209 g/mol. The van der Waals surface area contributed by atoms with Gasteiger partial charge in [0.1, 0.15) is 16.1 Å². The maximum atomic E-state index is 12.8. The third-order valence-corrected chi connectivity index (χ3v) is 1.89. The van der Waals surface area contributed by atoms with Crippen molar-refractivity contribution in [1.29, 1.82) is 5.26 Å². The molecule has 2 nitrogen and oxygen atoms in total. The van der Waals surface area contributed by atoms with Crippen LogP contribution in [0.25, 0.3) is 0 Å². The van der Waals surface area contributed by atoms with E-state index in [1.807, 2.05) is 0 Å². The molecule has 1 heterocycles. The summed E-state index contributed by atoms with van der Waals surface area (Å²) in [6.07, 6.45) is 0. The summed E-state index contributed by atoms with van der Waals surface area (Å²) in [4.78, 5) is 2.93. The number of nitriles is 1. The van der Waals surface area contributed by atoms with Crippen LogP contribution in [0.15, 0.2) is 0 Å². The third-order valence-electron chi connectivity index (χ3n) is 1.09. The molecule has 0 aliphatic heterocycles. The van der Waals surface area contributed by atoms with Gasteiger partial charge in [0, 0.05) is 0 Å². The van der Waals surface area contributed by atoms with Crippen LogP contribution >= 0.6 is 23.2 Å². The van der Waals surface area contributed by atoms with E-state index in [1.165, 1.54) is 6.07 Å². The summed E-state index contributed by atoms with van der Waals surface area (Å²) in [5.41, 5.74) is -0.707. The van der Waals surface area contributed by atoms with Crippen LogP contribution in [-0.2, 0) is 0 Å². The highest BCUT2D eigenvalue weighted by molar-refractivity contribution is 6.42. The summed E-state index contributed by atoms with van der Waals surface area (Å²) in [7, 11) is 0. The second kappa shape index (κ2) is 3.21. The van der Waals surface area contributed by atoms with Crippen LogP contribution < -0.4 is 0 Å². The van der Waals surface area contributed by atoms with Gasteiger partial charge in [-0.3, -0.25) is 0 Å². The van der Waals surface area contributed by atoms with E-state index in [2.05, 4.69) is 4.98 Å². The fraction of sp³-hybridized carbons (Fsp3) is 0. The number of halogens is 4. The van der Waals surface area contributed by atoms with Crippen molar-refractivity contribution in [3.05, 3.63) is 27.5 Å². The van der Waals surface area contributed by atoms with Crippen LogP contribution in [0.2, 0.25) is 10.0 Å². The van der Waals surface area contributed by atoms with Gasteiger partial charge in [0.25, 0.3) is 0 Å². The maximum absolute atomic E-state index is 12.8. The summed E-state index contributed by atoms with van der Waals surface area (Å²) in [6.45, 7) is 0. The number of rotatable bonds is 0. The number of nitrogens with zero attached hydrogens (tertiary/aromatic N) is 2. The molecule has 0 bridgehead atoms. The van der Waals surface area contributed by atoms with Crippen LogP contribution in [0.3, 0.4) is 0 Å². The van der Waals surface area contributed by atoms with Gasteiger partial charge < -0.3 is 0 Å². The van der Waals surface area contributed by atoms with Crippen molar-refractivity contribution in [2.75, 3.05) is 0 Å². The predicted octanol–water partition coefficient (Wildman–Crippen LogP) is 2.54. The van der Waals surface area contributed by atoms with Crippen LogP contribution in [0.5, 0.6) is 0 Å². The molecule has 0 radical (unpaired) electrons. The standard InChI is InChI=1S/C6Cl2F2N2/c7-3-4(8)6(10)12-2(1-11)5(3)9. The molecule has 0 atom stereocenters. The maximum Gasteiger partial charge on any atom is 0.234 e. The first-order valence-electron chi connectivity index (χ1n) is 2.68. The second-order valence-corrected chi connectivity index (χ2v) is 2.56. The Morgan fingerprint density at radius 2 is 1.83 bits per heavy atom. The first-order chi connectivity index (χ1) is 5.57. The Kier molecular flexibility index (Phi) is 2.46. The Labute approximate surface area is 76.3 Å². The van der Waals surface area contributed by atoms with E-state index in [-0.39, 0.29) is 0 Å². The van der Waals surface area contributed by atoms with Crippen LogP contribution in [-0.4, -0.2) is 4.98 Å². The molecular formula is C6Cl2F2N2. The third kappa shape index (κ3) is 1.33. The van der Waals surface area contributed by atoms with Gasteiger partial charge in [0.05, 0.1) is 0 Å². The van der Waals surface area contributed by atoms with E-state index in [1.54, 1.807) is 0 Å². The SMILES string of the molecule is N#Cc1nc(F)c(Cl)c(Cl)c1F. The van der Waals surface area contributed by atoms with Crippen molar-refractivity contribution < 1.29 is 8.78 Å². The Morgan fingerprint density at radius 3 is 2.33 bits per heavy atom. The summed E-state index contributed by atoms with van der Waals surface area (Å²) in [5, 5.41) is 7.00. The van der Waals surface area contributed by atoms with Gasteiger partial charge in [-0.25, -0.2) is 9.37 Å². The lowest BCUT2D eigenvalue weighted by molar-refractivity contribution is 0.557. The molecule has 1 rings (SSSR count). The highest BCUT2D eigenvalue weighted by atomic mass is 35.5. The van der Waals surface area contributed by atoms with Gasteiger partial charge in [-0.15, -0.1) is 0 Å². The first kappa shape index (κ1) is 9.17. The van der Waals surface area contributed by atoms with E-state index in [0.717, 1.165) is 0 Å². The summed E-state index contributed by atoms with van der Waals surface area (Å²) >= 11 is 10.4. The molecule has 6 heteroatoms. The monoisotopic (exact) mass is 208 g/mol. The molecule has 0 saturated heterocycles. The van der Waals surface area contributed by atoms with Crippen LogP contribution in [0.1, 0.15) is 5.69 Å². The molecule has 0 aliphatic carbocycles. The molecule has 0 unspecified atom stereocenters. The zero-order valence-electron chi connectivity index (χ0n) is 5.41. The van der Waals surface area contributed by atoms with Crippen LogP contribution in [0.4, 0.5) is 8.78 Å². The van der Waals surface area contributed by atoms with Crippen molar-refractivity contribution in [2.24, 2.45) is 0 Å². The van der Waals surface area contributed by atoms with E-state index in [0.29, 0.717) is 0 Å². The van der Waals surface area contributed by atoms with Crippen molar-refractivity contribution in [2.45, 2.75) is 0 Å². The van der Waals surface area contributed by atoms with Gasteiger partial charge in [-0.2, -0.15) is 9.65 Å². The Hall–Kier alpha value is -0.920. The van der Waals surface area contributed by atoms with Gasteiger partial charge in [-0.1, -0.05) is 23.2 Å². The van der Waals surface area contributed by atoms with Crippen LogP contribution in [0, 0.1) is 23.1 Å². The zero-order valence-corrected chi connectivity index (χ0v) is 6.92. The second-order valence-electron chi connectivity index (χ2n) is 1.80. The largest absolute Gasteiger partial charge is 0.234 e. The number of pyridine rings is 1. The average Bonchev–Trinajstić information content (AvgIpc) is 2.08. The lowest BCUT2D eigenvalue weighted by atomic mass is 10.3. The predicted molar refractivity (Wildman–Crippen MR) is 38.9 cm³/mol. The van der Waals surface area contributed by atoms with Gasteiger partial charge >= 0.3 is 0 Å². The molecule has 1 aromatic heterocycles. The molecule has 0 aromatic carbocycles. The van der Waals surface area contributed by atoms with Crippen molar-refractivity contribution >= 4 is 23.2 Å². The quantitative estimate of drug-likeness (QED) is 0.615. The minimum absolute atomic E-state index is 0.617. The van der Waals surface area contributed by atoms with E-state index >= 15 is 0 Å². The molecule has 1 aromatic rings. The van der Waals surface area contributed by atoms with E-state index in [4.69, 9.17) is 28.5 Å². The summed E-state index contributed by atoms with van der Waals surface area (Å²) < 4.78 is 25.3. The van der Waals surface area contributed by atoms with Gasteiger partial charge in [-0.05, 0) is 0 Å². The molecule has 0 saturated carbocycles. The lowest BCUT2D eigenvalue weighted by Gasteiger charge is -1.98. The first-order valence-corrected chi connectivity index (χ1v) is 3.43. The smallest absolute Gasteiger partial charge is 0.204 e. The zero-order chi connectivity index (χ0) is 9.30. The topological polar surface area (TPSA) is 36.7 Å². The molecule has 0 fully saturated rings. The van der Waals surface area contributed by atoms with E-state index in [9.17, 15) is 8.78 Å².